The molecule has 1 saturated carbocycles. The summed E-state index contributed by atoms with van der Waals surface area (Å²) in [5, 5.41) is 5.54. The van der Waals surface area contributed by atoms with Crippen LogP contribution in [-0.4, -0.2) is 43.4 Å². The van der Waals surface area contributed by atoms with Crippen molar-refractivity contribution >= 4 is 17.6 Å². The number of rotatable bonds is 10. The lowest BCUT2D eigenvalue weighted by atomic mass is 9.88. The largest absolute Gasteiger partial charge is 0.345 e. The monoisotopic (exact) mass is 430 g/mol. The molecule has 31 heavy (non-hydrogen) atoms. The molecule has 0 radical (unpaired) electrons. The third-order valence-electron chi connectivity index (χ3n) is 6.13. The first-order valence-corrected chi connectivity index (χ1v) is 11.5. The molecule has 0 spiro atoms. The number of benzene rings is 1. The van der Waals surface area contributed by atoms with E-state index >= 15 is 0 Å². The van der Waals surface area contributed by atoms with E-state index in [9.17, 15) is 14.4 Å². The van der Waals surface area contributed by atoms with Crippen molar-refractivity contribution in [3.05, 3.63) is 35.9 Å². The summed E-state index contributed by atoms with van der Waals surface area (Å²) in [6.45, 7) is 2.87. The predicted octanol–water partition coefficient (Wildman–Crippen LogP) is 2.83. The van der Waals surface area contributed by atoms with Gasteiger partial charge in [-0.15, -0.1) is 0 Å². The Morgan fingerprint density at radius 1 is 1.06 bits per heavy atom. The van der Waals surface area contributed by atoms with Crippen molar-refractivity contribution in [1.29, 1.82) is 0 Å². The molecule has 0 aromatic heterocycles. The van der Waals surface area contributed by atoms with Crippen molar-refractivity contribution in [1.82, 2.24) is 10.6 Å². The van der Waals surface area contributed by atoms with Crippen LogP contribution in [0.4, 0.5) is 0 Å². The van der Waals surface area contributed by atoms with Crippen LogP contribution < -0.4 is 10.6 Å². The molecular weight excluding hydrogens is 396 g/mol. The number of carbonyl (C=O) groups is 3. The maximum absolute atomic E-state index is 12.9. The number of carbonyl (C=O) groups excluding carboxylic acids is 3. The summed E-state index contributed by atoms with van der Waals surface area (Å²) in [6.07, 6.45) is 7.01. The summed E-state index contributed by atoms with van der Waals surface area (Å²) >= 11 is 0. The third-order valence-corrected chi connectivity index (χ3v) is 6.13. The Balaban J connectivity index is 1.62. The van der Waals surface area contributed by atoms with E-state index in [1.165, 1.54) is 0 Å². The molecule has 1 aliphatic carbocycles. The van der Waals surface area contributed by atoms with Gasteiger partial charge in [0.25, 0.3) is 5.91 Å². The molecule has 1 aromatic carbocycles. The highest BCUT2D eigenvalue weighted by molar-refractivity contribution is 6.38. The maximum Gasteiger partial charge on any atom is 0.289 e. The maximum atomic E-state index is 12.9. The second-order valence-corrected chi connectivity index (χ2v) is 8.40. The van der Waals surface area contributed by atoms with Crippen molar-refractivity contribution in [3.63, 3.8) is 0 Å². The Morgan fingerprint density at radius 3 is 2.39 bits per heavy atom. The highest BCUT2D eigenvalue weighted by Crippen LogP contribution is 2.30. The number of ether oxygens (including phenoxy) is 2. The zero-order valence-electron chi connectivity index (χ0n) is 18.4. The molecule has 2 amide bonds. The van der Waals surface area contributed by atoms with Gasteiger partial charge in [0.2, 0.25) is 17.5 Å². The lowest BCUT2D eigenvalue weighted by Gasteiger charge is -2.28. The molecule has 1 atom stereocenters. The quantitative estimate of drug-likeness (QED) is 0.557. The van der Waals surface area contributed by atoms with E-state index in [2.05, 4.69) is 10.6 Å². The summed E-state index contributed by atoms with van der Waals surface area (Å²) in [7, 11) is 0. The Morgan fingerprint density at radius 2 is 1.74 bits per heavy atom. The van der Waals surface area contributed by atoms with Crippen LogP contribution >= 0.6 is 0 Å². The Kier molecular flexibility index (Phi) is 8.60. The SMILES string of the molecule is CCCC[C@H](NC(=O)C1CCCCC1)C(=O)C(=O)NCC1(c2ccccc2)OCCO1. The predicted molar refractivity (Wildman–Crippen MR) is 116 cm³/mol. The van der Waals surface area contributed by atoms with Crippen LogP contribution in [0.5, 0.6) is 0 Å². The van der Waals surface area contributed by atoms with Crippen molar-refractivity contribution in [2.75, 3.05) is 19.8 Å². The molecule has 7 nitrogen and oxygen atoms in total. The zero-order chi connectivity index (χ0) is 22.1. The first-order valence-electron chi connectivity index (χ1n) is 11.5. The van der Waals surface area contributed by atoms with Crippen molar-refractivity contribution in [2.45, 2.75) is 70.1 Å². The molecule has 1 heterocycles. The smallest absolute Gasteiger partial charge is 0.289 e. The number of nitrogens with one attached hydrogen (secondary N) is 2. The molecule has 2 fully saturated rings. The summed E-state index contributed by atoms with van der Waals surface area (Å²) in [5.74, 6) is -2.60. The van der Waals surface area contributed by atoms with Crippen molar-refractivity contribution < 1.29 is 23.9 Å². The summed E-state index contributed by atoms with van der Waals surface area (Å²) in [4.78, 5) is 38.3. The van der Waals surface area contributed by atoms with E-state index in [1.807, 2.05) is 37.3 Å². The van der Waals surface area contributed by atoms with E-state index in [4.69, 9.17) is 9.47 Å². The number of hydrogen-bond donors (Lipinski definition) is 2. The fraction of sp³-hybridized carbons (Fsp3) is 0.625. The molecule has 7 heteroatoms. The van der Waals surface area contributed by atoms with Gasteiger partial charge in [-0.05, 0) is 19.3 Å². The van der Waals surface area contributed by atoms with E-state index < -0.39 is 23.5 Å². The highest BCUT2D eigenvalue weighted by Gasteiger charge is 2.40. The van der Waals surface area contributed by atoms with Gasteiger partial charge in [-0.1, -0.05) is 69.4 Å². The second-order valence-electron chi connectivity index (χ2n) is 8.40. The fourth-order valence-electron chi connectivity index (χ4n) is 4.29. The van der Waals surface area contributed by atoms with Gasteiger partial charge in [0.15, 0.2) is 0 Å². The molecule has 170 valence electrons. The Hall–Kier alpha value is -2.25. The molecule has 1 aliphatic heterocycles. The summed E-state index contributed by atoms with van der Waals surface area (Å²) < 4.78 is 11.6. The topological polar surface area (TPSA) is 93.7 Å². The van der Waals surface area contributed by atoms with Crippen LogP contribution in [0.15, 0.2) is 30.3 Å². The fourth-order valence-corrected chi connectivity index (χ4v) is 4.29. The van der Waals surface area contributed by atoms with Gasteiger partial charge < -0.3 is 20.1 Å². The number of unbranched alkanes of at least 4 members (excludes halogenated alkanes) is 1. The first-order chi connectivity index (χ1) is 15.1. The minimum atomic E-state index is -1.10. The van der Waals surface area contributed by atoms with Crippen LogP contribution in [0, 0.1) is 5.92 Å². The molecular formula is C24H34N2O5. The van der Waals surface area contributed by atoms with Crippen LogP contribution in [0.25, 0.3) is 0 Å². The average Bonchev–Trinajstić information content (AvgIpc) is 3.31. The van der Waals surface area contributed by atoms with E-state index in [-0.39, 0.29) is 18.4 Å². The molecule has 0 unspecified atom stereocenters. The van der Waals surface area contributed by atoms with Crippen LogP contribution in [0.2, 0.25) is 0 Å². The lowest BCUT2D eigenvalue weighted by molar-refractivity contribution is -0.166. The number of ketones is 1. The second kappa shape index (κ2) is 11.4. The molecule has 1 aromatic rings. The van der Waals surface area contributed by atoms with Gasteiger partial charge in [0.1, 0.15) is 0 Å². The standard InChI is InChI=1S/C24H34N2O5/c1-2-3-14-20(26-22(28)18-10-6-4-7-11-18)21(27)23(29)25-17-24(30-15-16-31-24)19-12-8-5-9-13-19/h5,8-9,12-13,18,20H,2-4,6-7,10-11,14-17H2,1H3,(H,25,29)(H,26,28)/t20-/m0/s1. The Bertz CT molecular complexity index is 740. The number of Topliss-reactive ketones (excluding diaryl/α,β-unsaturated/α-hetero) is 1. The van der Waals surface area contributed by atoms with Gasteiger partial charge in [0, 0.05) is 11.5 Å². The first kappa shape index (κ1) is 23.4. The normalized spacial score (nSPS) is 19.5. The Labute approximate surface area is 184 Å². The lowest BCUT2D eigenvalue weighted by Crippen LogP contribution is -2.51. The van der Waals surface area contributed by atoms with E-state index in [0.717, 1.165) is 50.5 Å². The van der Waals surface area contributed by atoms with E-state index in [0.29, 0.717) is 19.6 Å². The van der Waals surface area contributed by atoms with E-state index in [1.54, 1.807) is 0 Å². The minimum Gasteiger partial charge on any atom is -0.345 e. The molecule has 2 N–H and O–H groups in total. The number of hydrogen-bond acceptors (Lipinski definition) is 5. The van der Waals surface area contributed by atoms with Crippen LogP contribution in [0.1, 0.15) is 63.9 Å². The molecule has 3 rings (SSSR count). The summed E-state index contributed by atoms with van der Waals surface area (Å²) in [5.41, 5.74) is 0.786. The minimum absolute atomic E-state index is 0.0264. The molecule has 0 bridgehead atoms. The van der Waals surface area contributed by atoms with Crippen LogP contribution in [-0.2, 0) is 29.6 Å². The third kappa shape index (κ3) is 6.14. The van der Waals surface area contributed by atoms with Gasteiger partial charge in [-0.25, -0.2) is 0 Å². The number of amides is 2. The van der Waals surface area contributed by atoms with Gasteiger partial charge in [-0.2, -0.15) is 0 Å². The average molecular weight is 431 g/mol. The highest BCUT2D eigenvalue weighted by atomic mass is 16.7. The van der Waals surface area contributed by atoms with Crippen molar-refractivity contribution in [3.8, 4) is 0 Å². The van der Waals surface area contributed by atoms with Gasteiger partial charge >= 0.3 is 0 Å². The van der Waals surface area contributed by atoms with Crippen molar-refractivity contribution in [2.24, 2.45) is 5.92 Å². The molecule has 2 aliphatic rings. The van der Waals surface area contributed by atoms with Crippen LogP contribution in [0.3, 0.4) is 0 Å². The van der Waals surface area contributed by atoms with Gasteiger partial charge in [0.05, 0.1) is 25.8 Å². The summed E-state index contributed by atoms with van der Waals surface area (Å²) in [6, 6.07) is 8.57. The van der Waals surface area contributed by atoms with Gasteiger partial charge in [-0.3, -0.25) is 14.4 Å². The molecule has 1 saturated heterocycles. The zero-order valence-corrected chi connectivity index (χ0v) is 18.4.